The van der Waals surface area contributed by atoms with Crippen molar-refractivity contribution >= 4 is 21.4 Å². The first kappa shape index (κ1) is 16.2. The van der Waals surface area contributed by atoms with Crippen LogP contribution in [0.2, 0.25) is 0 Å². The van der Waals surface area contributed by atoms with Crippen molar-refractivity contribution < 1.29 is 13.5 Å². The number of hydrogen-bond acceptors (Lipinski definition) is 5. The third-order valence-corrected chi connectivity index (χ3v) is 5.64. The van der Waals surface area contributed by atoms with Crippen LogP contribution in [-0.4, -0.2) is 23.7 Å². The maximum Gasteiger partial charge on any atom is 0.260 e. The van der Waals surface area contributed by atoms with Gasteiger partial charge in [-0.2, -0.15) is 5.10 Å². The molecule has 1 unspecified atom stereocenters. The second-order valence-electron chi connectivity index (χ2n) is 4.77. The maximum absolute atomic E-state index is 12.5. The van der Waals surface area contributed by atoms with Crippen LogP contribution in [0.3, 0.4) is 0 Å². The average Bonchev–Trinajstić information content (AvgIpc) is 3.07. The number of nitrogens with zero attached hydrogens (tertiary/aromatic N) is 1. The van der Waals surface area contributed by atoms with Crippen molar-refractivity contribution in [3.63, 3.8) is 0 Å². The highest BCUT2D eigenvalue weighted by molar-refractivity contribution is 7.89. The van der Waals surface area contributed by atoms with E-state index in [2.05, 4.69) is 14.9 Å². The van der Waals surface area contributed by atoms with Crippen molar-refractivity contribution in [3.05, 3.63) is 33.6 Å². The van der Waals surface area contributed by atoms with Gasteiger partial charge in [0.1, 0.15) is 0 Å². The quantitative estimate of drug-likeness (QED) is 0.725. The van der Waals surface area contributed by atoms with Gasteiger partial charge in [-0.3, -0.25) is 5.10 Å². The van der Waals surface area contributed by atoms with Gasteiger partial charge in [0.25, 0.3) is 10.0 Å². The summed E-state index contributed by atoms with van der Waals surface area (Å²) in [5, 5.41) is 17.5. The van der Waals surface area contributed by atoms with E-state index < -0.39 is 10.0 Å². The van der Waals surface area contributed by atoms with Gasteiger partial charge in [0.05, 0.1) is 12.6 Å². The van der Waals surface area contributed by atoms with Gasteiger partial charge in [0.15, 0.2) is 5.03 Å². The summed E-state index contributed by atoms with van der Waals surface area (Å²) in [6.07, 6.45) is 1.56. The topological polar surface area (TPSA) is 95.1 Å². The smallest absolute Gasteiger partial charge is 0.260 e. The van der Waals surface area contributed by atoms with E-state index in [1.807, 2.05) is 24.4 Å². The molecule has 21 heavy (non-hydrogen) atoms. The minimum atomic E-state index is -3.78. The van der Waals surface area contributed by atoms with Crippen LogP contribution in [-0.2, 0) is 16.6 Å². The van der Waals surface area contributed by atoms with E-state index in [-0.39, 0.29) is 17.7 Å². The highest BCUT2D eigenvalue weighted by Gasteiger charge is 2.27. The Morgan fingerprint density at radius 2 is 2.29 bits per heavy atom. The molecule has 0 saturated heterocycles. The summed E-state index contributed by atoms with van der Waals surface area (Å²) < 4.78 is 27.7. The number of aryl methyl sites for hydroxylation is 1. The van der Waals surface area contributed by atoms with Crippen LogP contribution in [0.1, 0.15) is 41.9 Å². The first-order chi connectivity index (χ1) is 9.99. The molecule has 0 aliphatic rings. The van der Waals surface area contributed by atoms with Crippen LogP contribution in [0.5, 0.6) is 0 Å². The molecule has 2 heterocycles. The standard InChI is InChI=1S/C13H19N3O3S2/c1-3-5-11(12-6-4-7-20-12)16-21(18,19)13-10(8-17)9(2)14-15-13/h4,6-7,11,16-17H,3,5,8H2,1-2H3,(H,14,15). The predicted octanol–water partition coefficient (Wildman–Crippen LogP) is 2.09. The van der Waals surface area contributed by atoms with Gasteiger partial charge in [-0.1, -0.05) is 19.4 Å². The lowest BCUT2D eigenvalue weighted by atomic mass is 10.1. The van der Waals surface area contributed by atoms with Gasteiger partial charge >= 0.3 is 0 Å². The van der Waals surface area contributed by atoms with Crippen LogP contribution in [0.25, 0.3) is 0 Å². The zero-order valence-electron chi connectivity index (χ0n) is 12.0. The second-order valence-corrected chi connectivity index (χ2v) is 7.38. The van der Waals surface area contributed by atoms with Crippen molar-refractivity contribution in [1.82, 2.24) is 14.9 Å². The lowest BCUT2D eigenvalue weighted by Crippen LogP contribution is -2.29. The van der Waals surface area contributed by atoms with Crippen molar-refractivity contribution in [2.24, 2.45) is 0 Å². The molecule has 0 aromatic carbocycles. The average molecular weight is 329 g/mol. The minimum absolute atomic E-state index is 0.125. The van der Waals surface area contributed by atoms with E-state index in [0.29, 0.717) is 17.7 Å². The van der Waals surface area contributed by atoms with Gasteiger partial charge in [-0.15, -0.1) is 11.3 Å². The number of hydrogen-bond donors (Lipinski definition) is 3. The Balaban J connectivity index is 2.30. The van der Waals surface area contributed by atoms with E-state index in [9.17, 15) is 13.5 Å². The number of aromatic nitrogens is 2. The molecule has 0 aliphatic heterocycles. The Morgan fingerprint density at radius 1 is 1.52 bits per heavy atom. The van der Waals surface area contributed by atoms with Crippen molar-refractivity contribution in [2.45, 2.75) is 44.4 Å². The molecule has 2 aromatic rings. The molecular formula is C13H19N3O3S2. The van der Waals surface area contributed by atoms with Crippen LogP contribution in [0.15, 0.2) is 22.5 Å². The Hall–Kier alpha value is -1.22. The fraction of sp³-hybridized carbons (Fsp3) is 0.462. The monoisotopic (exact) mass is 329 g/mol. The molecule has 0 radical (unpaired) electrons. The molecule has 2 rings (SSSR count). The molecule has 116 valence electrons. The first-order valence-electron chi connectivity index (χ1n) is 6.70. The molecule has 2 aromatic heterocycles. The summed E-state index contributed by atoms with van der Waals surface area (Å²) in [4.78, 5) is 0.971. The van der Waals surface area contributed by atoms with Gasteiger partial charge < -0.3 is 5.11 Å². The Kier molecular flexibility index (Phi) is 5.15. The molecule has 0 spiro atoms. The number of aromatic amines is 1. The summed E-state index contributed by atoms with van der Waals surface area (Å²) in [6.45, 7) is 3.32. The van der Waals surface area contributed by atoms with E-state index in [1.54, 1.807) is 6.92 Å². The lowest BCUT2D eigenvalue weighted by molar-refractivity contribution is 0.277. The third kappa shape index (κ3) is 3.52. The molecule has 1 atom stereocenters. The summed E-state index contributed by atoms with van der Waals surface area (Å²) in [7, 11) is -3.78. The Labute approximate surface area is 128 Å². The minimum Gasteiger partial charge on any atom is -0.392 e. The molecular weight excluding hydrogens is 310 g/mol. The normalized spacial score (nSPS) is 13.5. The highest BCUT2D eigenvalue weighted by atomic mass is 32.2. The van der Waals surface area contributed by atoms with Gasteiger partial charge in [0.2, 0.25) is 0 Å². The molecule has 0 amide bonds. The third-order valence-electron chi connectivity index (χ3n) is 3.21. The number of thiophene rings is 1. The fourth-order valence-corrected chi connectivity index (χ4v) is 4.44. The number of H-pyrrole nitrogens is 1. The van der Waals surface area contributed by atoms with Gasteiger partial charge in [-0.25, -0.2) is 13.1 Å². The van der Waals surface area contributed by atoms with Crippen molar-refractivity contribution in [1.29, 1.82) is 0 Å². The zero-order valence-corrected chi connectivity index (χ0v) is 13.6. The van der Waals surface area contributed by atoms with Crippen molar-refractivity contribution in [3.8, 4) is 0 Å². The largest absolute Gasteiger partial charge is 0.392 e. The molecule has 6 nitrogen and oxygen atoms in total. The maximum atomic E-state index is 12.5. The number of aliphatic hydroxyl groups is 1. The highest BCUT2D eigenvalue weighted by Crippen LogP contribution is 2.26. The molecule has 3 N–H and O–H groups in total. The van der Waals surface area contributed by atoms with E-state index in [4.69, 9.17) is 0 Å². The number of aliphatic hydroxyl groups excluding tert-OH is 1. The van der Waals surface area contributed by atoms with E-state index in [0.717, 1.165) is 11.3 Å². The van der Waals surface area contributed by atoms with E-state index in [1.165, 1.54) is 11.3 Å². The SMILES string of the molecule is CCCC(NS(=O)(=O)c1n[nH]c(C)c1CO)c1cccs1. The number of nitrogens with one attached hydrogen (secondary N) is 2. The van der Waals surface area contributed by atoms with Crippen LogP contribution < -0.4 is 4.72 Å². The Bertz CT molecular complexity index is 678. The summed E-state index contributed by atoms with van der Waals surface area (Å²) >= 11 is 1.52. The molecule has 0 saturated carbocycles. The summed E-state index contributed by atoms with van der Waals surface area (Å²) in [6, 6.07) is 3.54. The number of rotatable bonds is 7. The molecule has 8 heteroatoms. The van der Waals surface area contributed by atoms with Crippen molar-refractivity contribution in [2.75, 3.05) is 0 Å². The van der Waals surface area contributed by atoms with E-state index >= 15 is 0 Å². The molecule has 0 fully saturated rings. The molecule has 0 bridgehead atoms. The first-order valence-corrected chi connectivity index (χ1v) is 9.06. The van der Waals surface area contributed by atoms with Crippen LogP contribution in [0.4, 0.5) is 0 Å². The predicted molar refractivity (Wildman–Crippen MR) is 81.5 cm³/mol. The summed E-state index contributed by atoms with van der Waals surface area (Å²) in [5.41, 5.74) is 0.866. The molecule has 0 aliphatic carbocycles. The van der Waals surface area contributed by atoms with Crippen LogP contribution >= 0.6 is 11.3 Å². The lowest BCUT2D eigenvalue weighted by Gasteiger charge is -2.16. The second kappa shape index (κ2) is 6.69. The van der Waals surface area contributed by atoms with Gasteiger partial charge in [0, 0.05) is 16.1 Å². The fourth-order valence-electron chi connectivity index (χ4n) is 2.12. The number of sulfonamides is 1. The Morgan fingerprint density at radius 3 is 2.86 bits per heavy atom. The van der Waals surface area contributed by atoms with Crippen LogP contribution in [0, 0.1) is 6.92 Å². The zero-order chi connectivity index (χ0) is 15.5. The van der Waals surface area contributed by atoms with Gasteiger partial charge in [-0.05, 0) is 24.8 Å². The summed E-state index contributed by atoms with van der Waals surface area (Å²) in [5.74, 6) is 0.